The van der Waals surface area contributed by atoms with Gasteiger partial charge in [0.25, 0.3) is 0 Å². The number of alkyl halides is 1. The molecule has 35 heavy (non-hydrogen) atoms. The van der Waals surface area contributed by atoms with E-state index < -0.39 is 6.10 Å². The molecule has 5 N–H and O–H groups in total. The molecular formula is C26H39ClO8. The van der Waals surface area contributed by atoms with E-state index in [1.807, 2.05) is 24.3 Å². The van der Waals surface area contributed by atoms with Crippen molar-refractivity contribution in [1.29, 1.82) is 0 Å². The number of ether oxygens (including phenoxy) is 3. The highest BCUT2D eigenvalue weighted by molar-refractivity contribution is 6.18. The quantitative estimate of drug-likeness (QED) is 0.303. The summed E-state index contributed by atoms with van der Waals surface area (Å²) in [6, 6.07) is 14.4. The molecule has 3 aliphatic heterocycles. The van der Waals surface area contributed by atoms with E-state index in [1.54, 1.807) is 24.3 Å². The standard InChI is InChI=1S/C15H16O2.C3H5ClO.C3H8O3.C3H6O.C2H4O/c1-15(2,11-3-7-13(16)8-4-11)12-5-9-14(17)10-6-12;4-1-3-2-5-3;4-1-3(6)2-5;1-3-2-4-3;1-2-3-1/h3-10,16-17H,1-2H3;3H,1-2H2;3-6H,1-2H2;3H,2H2,1H3;1-2H2. The van der Waals surface area contributed by atoms with E-state index in [-0.39, 0.29) is 30.1 Å². The molecule has 0 radical (unpaired) electrons. The number of aromatic hydroxyl groups is 2. The molecule has 0 spiro atoms. The third-order valence-corrected chi connectivity index (χ3v) is 5.22. The van der Waals surface area contributed by atoms with E-state index in [0.29, 0.717) is 18.1 Å². The minimum atomic E-state index is -0.954. The molecule has 198 valence electrons. The maximum absolute atomic E-state index is 9.30. The largest absolute Gasteiger partial charge is 0.508 e. The van der Waals surface area contributed by atoms with Gasteiger partial charge >= 0.3 is 0 Å². The Morgan fingerprint density at radius 2 is 1.20 bits per heavy atom. The third kappa shape index (κ3) is 15.6. The van der Waals surface area contributed by atoms with Gasteiger partial charge in [-0.25, -0.2) is 0 Å². The van der Waals surface area contributed by atoms with Crippen molar-refractivity contribution in [3.05, 3.63) is 59.7 Å². The molecule has 5 rings (SSSR count). The van der Waals surface area contributed by atoms with Crippen molar-refractivity contribution in [2.24, 2.45) is 0 Å². The van der Waals surface area contributed by atoms with E-state index in [0.717, 1.165) is 37.6 Å². The number of aliphatic hydroxyl groups is 3. The Kier molecular flexibility index (Phi) is 14.9. The Morgan fingerprint density at radius 1 is 0.857 bits per heavy atom. The fraction of sp³-hybridized carbons (Fsp3) is 0.538. The Morgan fingerprint density at radius 3 is 1.34 bits per heavy atom. The van der Waals surface area contributed by atoms with Crippen molar-refractivity contribution in [3.8, 4) is 11.5 Å². The average Bonchev–Trinajstić information content (AvgIpc) is 3.70. The Bertz CT molecular complexity index is 734. The second-order valence-electron chi connectivity index (χ2n) is 8.60. The van der Waals surface area contributed by atoms with Gasteiger partial charge in [-0.15, -0.1) is 11.6 Å². The number of halogens is 1. The van der Waals surface area contributed by atoms with Crippen molar-refractivity contribution in [2.75, 3.05) is 45.5 Å². The summed E-state index contributed by atoms with van der Waals surface area (Å²) in [4.78, 5) is 0. The molecule has 0 aromatic heterocycles. The minimum absolute atomic E-state index is 0.151. The second-order valence-corrected chi connectivity index (χ2v) is 8.91. The van der Waals surface area contributed by atoms with E-state index in [2.05, 4.69) is 25.5 Å². The number of epoxide rings is 3. The number of benzene rings is 2. The monoisotopic (exact) mass is 514 g/mol. The van der Waals surface area contributed by atoms with Gasteiger partial charge in [0.15, 0.2) is 0 Å². The summed E-state index contributed by atoms with van der Waals surface area (Å²) in [6.07, 6.45) is 0.0293. The summed E-state index contributed by atoms with van der Waals surface area (Å²) in [5, 5.41) is 42.6. The maximum Gasteiger partial charge on any atom is 0.115 e. The van der Waals surface area contributed by atoms with Gasteiger partial charge < -0.3 is 39.7 Å². The summed E-state index contributed by atoms with van der Waals surface area (Å²) in [7, 11) is 0. The predicted octanol–water partition coefficient (Wildman–Crippen LogP) is 2.80. The molecule has 3 fully saturated rings. The van der Waals surface area contributed by atoms with E-state index >= 15 is 0 Å². The van der Waals surface area contributed by atoms with Crippen molar-refractivity contribution in [1.82, 2.24) is 0 Å². The van der Waals surface area contributed by atoms with Crippen molar-refractivity contribution in [3.63, 3.8) is 0 Å². The van der Waals surface area contributed by atoms with E-state index in [1.165, 1.54) is 0 Å². The Hall–Kier alpha value is -1.91. The molecule has 3 heterocycles. The zero-order valence-electron chi connectivity index (χ0n) is 20.6. The van der Waals surface area contributed by atoms with E-state index in [4.69, 9.17) is 36.4 Å². The fourth-order valence-electron chi connectivity index (χ4n) is 2.23. The zero-order chi connectivity index (χ0) is 26.3. The highest BCUT2D eigenvalue weighted by atomic mass is 35.5. The summed E-state index contributed by atoms with van der Waals surface area (Å²) < 4.78 is 13.9. The number of hydrogen-bond acceptors (Lipinski definition) is 8. The van der Waals surface area contributed by atoms with Crippen LogP contribution in [0.25, 0.3) is 0 Å². The van der Waals surface area contributed by atoms with Crippen LogP contribution in [0.15, 0.2) is 48.5 Å². The first-order chi connectivity index (χ1) is 16.6. The average molecular weight is 515 g/mol. The van der Waals surface area contributed by atoms with Crippen molar-refractivity contribution >= 4 is 11.6 Å². The van der Waals surface area contributed by atoms with Crippen LogP contribution in [0.4, 0.5) is 0 Å². The zero-order valence-corrected chi connectivity index (χ0v) is 21.4. The Labute approximate surface area is 212 Å². The van der Waals surface area contributed by atoms with Crippen LogP contribution in [0.1, 0.15) is 31.9 Å². The number of rotatable bonds is 5. The molecular weight excluding hydrogens is 476 g/mol. The molecule has 2 atom stereocenters. The van der Waals surface area contributed by atoms with Crippen LogP contribution in [-0.2, 0) is 19.6 Å². The first-order valence-corrected chi connectivity index (χ1v) is 12.0. The lowest BCUT2D eigenvalue weighted by Gasteiger charge is -2.26. The first-order valence-electron chi connectivity index (χ1n) is 11.5. The predicted molar refractivity (Wildman–Crippen MR) is 135 cm³/mol. The van der Waals surface area contributed by atoms with Crippen LogP contribution >= 0.6 is 11.6 Å². The van der Waals surface area contributed by atoms with Crippen molar-refractivity contribution < 1.29 is 39.7 Å². The number of aliphatic hydroxyl groups excluding tert-OH is 3. The lowest BCUT2D eigenvalue weighted by Crippen LogP contribution is -2.18. The van der Waals surface area contributed by atoms with Crippen LogP contribution in [0.3, 0.4) is 0 Å². The SMILES string of the molecule is C1CO1.CC(C)(c1ccc(O)cc1)c1ccc(O)cc1.CC1CO1.ClCC1CO1.OCC(O)CO. The van der Waals surface area contributed by atoms with Gasteiger partial charge in [-0.3, -0.25) is 0 Å². The molecule has 3 aliphatic rings. The molecule has 0 amide bonds. The van der Waals surface area contributed by atoms with Crippen LogP contribution < -0.4 is 0 Å². The van der Waals surface area contributed by atoms with Gasteiger partial charge in [-0.2, -0.15) is 0 Å². The molecule has 2 aromatic carbocycles. The van der Waals surface area contributed by atoms with Gasteiger partial charge in [0.2, 0.25) is 0 Å². The molecule has 8 nitrogen and oxygen atoms in total. The van der Waals surface area contributed by atoms with Gasteiger partial charge in [0, 0.05) is 5.41 Å². The van der Waals surface area contributed by atoms with Gasteiger partial charge in [-0.1, -0.05) is 38.1 Å². The second kappa shape index (κ2) is 16.7. The number of phenols is 2. The summed E-state index contributed by atoms with van der Waals surface area (Å²) in [6.45, 7) is 9.42. The lowest BCUT2D eigenvalue weighted by molar-refractivity contribution is 0.0450. The van der Waals surface area contributed by atoms with Crippen LogP contribution in [0.5, 0.6) is 11.5 Å². The van der Waals surface area contributed by atoms with Gasteiger partial charge in [-0.05, 0) is 42.3 Å². The lowest BCUT2D eigenvalue weighted by atomic mass is 9.78. The molecule has 0 bridgehead atoms. The fourth-order valence-corrected chi connectivity index (χ4v) is 2.41. The minimum Gasteiger partial charge on any atom is -0.508 e. The normalized spacial score (nSPS) is 18.7. The topological polar surface area (TPSA) is 139 Å². The summed E-state index contributed by atoms with van der Waals surface area (Å²) in [5.41, 5.74) is 2.10. The van der Waals surface area contributed by atoms with Crippen LogP contribution in [0.2, 0.25) is 0 Å². The van der Waals surface area contributed by atoms with Gasteiger partial charge in [0.05, 0.1) is 57.7 Å². The molecule has 2 aromatic rings. The molecule has 0 aliphatic carbocycles. The van der Waals surface area contributed by atoms with Crippen molar-refractivity contribution in [2.45, 2.75) is 44.5 Å². The van der Waals surface area contributed by atoms with Gasteiger partial charge in [0.1, 0.15) is 17.6 Å². The molecule has 3 saturated heterocycles. The molecule has 2 unspecified atom stereocenters. The molecule has 9 heteroatoms. The Balaban J connectivity index is 0.000000273. The number of phenolic OH excluding ortho intramolecular Hbond substituents is 2. The summed E-state index contributed by atoms with van der Waals surface area (Å²) in [5.74, 6) is 1.21. The highest BCUT2D eigenvalue weighted by Crippen LogP contribution is 2.32. The first kappa shape index (κ1) is 31.1. The van der Waals surface area contributed by atoms with E-state index in [9.17, 15) is 10.2 Å². The third-order valence-electron chi connectivity index (χ3n) is 4.88. The highest BCUT2D eigenvalue weighted by Gasteiger charge is 2.22. The maximum atomic E-state index is 9.30. The van der Waals surface area contributed by atoms with Crippen LogP contribution in [-0.4, -0.2) is 89.4 Å². The van der Waals surface area contributed by atoms with Crippen LogP contribution in [0, 0.1) is 0 Å². The number of hydrogen-bond donors (Lipinski definition) is 5. The summed E-state index contributed by atoms with van der Waals surface area (Å²) >= 11 is 5.27. The molecule has 0 saturated carbocycles. The smallest absolute Gasteiger partial charge is 0.115 e.